The Morgan fingerprint density at radius 2 is 2.15 bits per heavy atom. The van der Waals surface area contributed by atoms with Crippen molar-refractivity contribution in [3.05, 3.63) is 34.3 Å². The second kappa shape index (κ2) is 5.66. The summed E-state index contributed by atoms with van der Waals surface area (Å²) in [4.78, 5) is 24.0. The molecule has 0 aromatic heterocycles. The number of benzene rings is 1. The first kappa shape index (κ1) is 13.8. The van der Waals surface area contributed by atoms with E-state index in [4.69, 9.17) is 4.74 Å². The second-order valence-electron chi connectivity index (χ2n) is 5.44. The van der Waals surface area contributed by atoms with Gasteiger partial charge in [0.2, 0.25) is 11.8 Å². The van der Waals surface area contributed by atoms with Gasteiger partial charge in [0, 0.05) is 24.1 Å². The highest BCUT2D eigenvalue weighted by atomic mass is 79.9. The van der Waals surface area contributed by atoms with Crippen LogP contribution in [0.4, 0.5) is 0 Å². The van der Waals surface area contributed by atoms with Crippen LogP contribution in [-0.2, 0) is 14.3 Å². The van der Waals surface area contributed by atoms with Crippen molar-refractivity contribution >= 4 is 27.7 Å². The van der Waals surface area contributed by atoms with E-state index in [1.807, 2.05) is 24.3 Å². The van der Waals surface area contributed by atoms with Gasteiger partial charge in [-0.2, -0.15) is 0 Å². The van der Waals surface area contributed by atoms with Gasteiger partial charge in [0.15, 0.2) is 0 Å². The number of halogens is 1. The molecule has 5 heteroatoms. The second-order valence-corrected chi connectivity index (χ2v) is 6.35. The summed E-state index contributed by atoms with van der Waals surface area (Å²) in [5.41, 5.74) is 0.960. The van der Waals surface area contributed by atoms with Crippen molar-refractivity contribution in [3.8, 4) is 0 Å². The Morgan fingerprint density at radius 3 is 2.85 bits per heavy atom. The Morgan fingerprint density at radius 1 is 1.30 bits per heavy atom. The van der Waals surface area contributed by atoms with Crippen molar-refractivity contribution in [3.63, 3.8) is 0 Å². The number of rotatable bonds is 2. The van der Waals surface area contributed by atoms with E-state index in [1.165, 1.54) is 0 Å². The SMILES string of the molecule is O=C1CC(C2CCOC2)C(c2cccc(Br)c2)C(=O)N1. The van der Waals surface area contributed by atoms with Crippen LogP contribution in [-0.4, -0.2) is 25.0 Å². The van der Waals surface area contributed by atoms with E-state index in [-0.39, 0.29) is 29.6 Å². The molecule has 2 amide bonds. The molecule has 1 aromatic carbocycles. The maximum Gasteiger partial charge on any atom is 0.234 e. The van der Waals surface area contributed by atoms with Gasteiger partial charge in [-0.25, -0.2) is 0 Å². The van der Waals surface area contributed by atoms with Gasteiger partial charge < -0.3 is 4.74 Å². The molecule has 0 aliphatic carbocycles. The van der Waals surface area contributed by atoms with Gasteiger partial charge in [-0.05, 0) is 36.0 Å². The zero-order chi connectivity index (χ0) is 14.1. The van der Waals surface area contributed by atoms with Crippen LogP contribution < -0.4 is 5.32 Å². The molecule has 1 N–H and O–H groups in total. The maximum atomic E-state index is 12.3. The van der Waals surface area contributed by atoms with E-state index in [9.17, 15) is 9.59 Å². The minimum atomic E-state index is -0.267. The fourth-order valence-electron chi connectivity index (χ4n) is 3.22. The number of nitrogens with one attached hydrogen (secondary N) is 1. The highest BCUT2D eigenvalue weighted by molar-refractivity contribution is 9.10. The predicted octanol–water partition coefficient (Wildman–Crippen LogP) is 2.23. The highest BCUT2D eigenvalue weighted by Gasteiger charge is 2.42. The molecule has 2 aliphatic rings. The molecule has 3 atom stereocenters. The van der Waals surface area contributed by atoms with Gasteiger partial charge in [0.25, 0.3) is 0 Å². The molecule has 3 unspecified atom stereocenters. The van der Waals surface area contributed by atoms with E-state index >= 15 is 0 Å². The van der Waals surface area contributed by atoms with Crippen molar-refractivity contribution in [1.82, 2.24) is 5.32 Å². The minimum absolute atomic E-state index is 0.0352. The molecule has 2 heterocycles. The standard InChI is InChI=1S/C15H16BrNO3/c16-11-3-1-2-9(6-11)14-12(10-4-5-20-8-10)7-13(18)17-15(14)19/h1-3,6,10,12,14H,4-5,7-8H2,(H,17,18,19). The molecule has 0 spiro atoms. The zero-order valence-electron chi connectivity index (χ0n) is 11.0. The van der Waals surface area contributed by atoms with Crippen LogP contribution in [0.3, 0.4) is 0 Å². The molecule has 2 saturated heterocycles. The molecule has 0 bridgehead atoms. The van der Waals surface area contributed by atoms with Crippen LogP contribution in [0.5, 0.6) is 0 Å². The lowest BCUT2D eigenvalue weighted by Gasteiger charge is -2.33. The predicted molar refractivity (Wildman–Crippen MR) is 77.1 cm³/mol. The zero-order valence-corrected chi connectivity index (χ0v) is 12.6. The molecule has 2 fully saturated rings. The highest BCUT2D eigenvalue weighted by Crippen LogP contribution is 2.39. The summed E-state index contributed by atoms with van der Waals surface area (Å²) in [5, 5.41) is 2.47. The Balaban J connectivity index is 1.94. The summed E-state index contributed by atoms with van der Waals surface area (Å²) in [6.07, 6.45) is 1.33. The Kier molecular flexibility index (Phi) is 3.89. The first-order chi connectivity index (χ1) is 9.65. The van der Waals surface area contributed by atoms with E-state index in [1.54, 1.807) is 0 Å². The molecule has 4 nitrogen and oxygen atoms in total. The monoisotopic (exact) mass is 337 g/mol. The molecule has 0 radical (unpaired) electrons. The summed E-state index contributed by atoms with van der Waals surface area (Å²) < 4.78 is 6.38. The van der Waals surface area contributed by atoms with Crippen LogP contribution in [0, 0.1) is 11.8 Å². The number of piperidine rings is 1. The summed E-state index contributed by atoms with van der Waals surface area (Å²) >= 11 is 3.44. The number of carbonyl (C=O) groups is 2. The molecule has 2 aliphatic heterocycles. The number of imide groups is 1. The van der Waals surface area contributed by atoms with E-state index in [2.05, 4.69) is 21.2 Å². The van der Waals surface area contributed by atoms with Gasteiger partial charge in [-0.1, -0.05) is 28.1 Å². The molecular weight excluding hydrogens is 322 g/mol. The van der Waals surface area contributed by atoms with Crippen LogP contribution in [0.25, 0.3) is 0 Å². The minimum Gasteiger partial charge on any atom is -0.381 e. The lowest BCUT2D eigenvalue weighted by atomic mass is 9.73. The fourth-order valence-corrected chi connectivity index (χ4v) is 3.64. The Hall–Kier alpha value is -1.20. The van der Waals surface area contributed by atoms with Gasteiger partial charge in [0.1, 0.15) is 0 Å². The van der Waals surface area contributed by atoms with Crippen LogP contribution in [0.1, 0.15) is 24.3 Å². The lowest BCUT2D eigenvalue weighted by Crippen LogP contribution is -2.46. The number of hydrogen-bond acceptors (Lipinski definition) is 3. The van der Waals surface area contributed by atoms with E-state index in [0.29, 0.717) is 13.0 Å². The van der Waals surface area contributed by atoms with Crippen LogP contribution >= 0.6 is 15.9 Å². The molecule has 1 aromatic rings. The number of hydrogen-bond donors (Lipinski definition) is 1. The van der Waals surface area contributed by atoms with Gasteiger partial charge >= 0.3 is 0 Å². The molecule has 20 heavy (non-hydrogen) atoms. The molecule has 0 saturated carbocycles. The van der Waals surface area contributed by atoms with E-state index in [0.717, 1.165) is 23.1 Å². The average Bonchev–Trinajstić information content (AvgIpc) is 2.91. The smallest absolute Gasteiger partial charge is 0.234 e. The summed E-state index contributed by atoms with van der Waals surface area (Å²) in [7, 11) is 0. The third kappa shape index (κ3) is 2.65. The normalized spacial score (nSPS) is 30.4. The van der Waals surface area contributed by atoms with Crippen LogP contribution in [0.15, 0.2) is 28.7 Å². The number of amides is 2. The Bertz CT molecular complexity index is 540. The fraction of sp³-hybridized carbons (Fsp3) is 0.467. The van der Waals surface area contributed by atoms with Gasteiger partial charge in [0.05, 0.1) is 5.92 Å². The first-order valence-corrected chi connectivity index (χ1v) is 7.61. The third-order valence-corrected chi connectivity index (χ3v) is 4.67. The molecular formula is C15H16BrNO3. The molecule has 3 rings (SSSR count). The van der Waals surface area contributed by atoms with Crippen molar-refractivity contribution in [2.45, 2.75) is 18.8 Å². The molecule has 106 valence electrons. The first-order valence-electron chi connectivity index (χ1n) is 6.82. The lowest BCUT2D eigenvalue weighted by molar-refractivity contribution is -0.137. The quantitative estimate of drug-likeness (QED) is 0.842. The van der Waals surface area contributed by atoms with Crippen molar-refractivity contribution < 1.29 is 14.3 Å². The Labute approximate surface area is 126 Å². The summed E-state index contributed by atoms with van der Waals surface area (Å²) in [6, 6.07) is 7.77. The average molecular weight is 338 g/mol. The topological polar surface area (TPSA) is 55.4 Å². The van der Waals surface area contributed by atoms with Crippen molar-refractivity contribution in [1.29, 1.82) is 0 Å². The largest absolute Gasteiger partial charge is 0.381 e. The summed E-state index contributed by atoms with van der Waals surface area (Å²) in [5.74, 6) is -0.298. The number of ether oxygens (including phenoxy) is 1. The maximum absolute atomic E-state index is 12.3. The number of carbonyl (C=O) groups excluding carboxylic acids is 2. The van der Waals surface area contributed by atoms with Gasteiger partial charge in [-0.15, -0.1) is 0 Å². The van der Waals surface area contributed by atoms with Crippen molar-refractivity contribution in [2.75, 3.05) is 13.2 Å². The summed E-state index contributed by atoms with van der Waals surface area (Å²) in [6.45, 7) is 1.37. The third-order valence-electron chi connectivity index (χ3n) is 4.17. The van der Waals surface area contributed by atoms with E-state index < -0.39 is 0 Å². The van der Waals surface area contributed by atoms with Crippen molar-refractivity contribution in [2.24, 2.45) is 11.8 Å². The van der Waals surface area contributed by atoms with Crippen LogP contribution in [0.2, 0.25) is 0 Å². The van der Waals surface area contributed by atoms with Gasteiger partial charge in [-0.3, -0.25) is 14.9 Å².